The Kier molecular flexibility index (Phi) is 33.9. The summed E-state index contributed by atoms with van der Waals surface area (Å²) < 4.78 is 20.5. The quantitative estimate of drug-likeness (QED) is 0.0223. The molecule has 0 unspecified atom stereocenters. The standard InChI is InChI=1S/C19H20N2O5S.2C18H18N2O4S.C15H20N2O3S/c1-25-13-9-12(10-14(11-13)26-2)19(24)27-16-6-4-3-5-15(16)18(23)21-8-7-17(20)22;1-24-13-6-4-5-12(11-13)18(23)25-15-8-3-2-7-14(15)17(22)20-10-9-16(19)21;1-24-13-8-6-12(7-9-13)18(23)25-15-5-3-2-4-14(15)17(22)20-11-10-16(19)21;1-15(2,3)14(20)21-11-6-4-5-10(9-11)13(19)17-8-7-12(16)18/h3-6,9-11H,7-8H2,1-2H3,(H2,20,22)(H,21,23);2-8,11H,9-10H2,1H3,(H2,19,21)(H,20,22);2-9H,10-11H2,1H3,(H2,19,21)(H,20,22);4-6,9H,7-8H2,1-3H3,(H2,16,18)(H,17,19). The van der Waals surface area contributed by atoms with Crippen molar-refractivity contribution in [2.24, 2.45) is 28.3 Å². The summed E-state index contributed by atoms with van der Waals surface area (Å²) in [5.41, 5.74) is 22.6. The van der Waals surface area contributed by atoms with Crippen LogP contribution in [0.3, 0.4) is 0 Å². The van der Waals surface area contributed by atoms with Crippen LogP contribution < -0.4 is 63.1 Å². The Balaban J connectivity index is 0.000000279. The predicted octanol–water partition coefficient (Wildman–Crippen LogP) is 8.66. The minimum atomic E-state index is -0.500. The van der Waals surface area contributed by atoms with E-state index in [4.69, 9.17) is 41.9 Å². The third-order valence-electron chi connectivity index (χ3n) is 12.8. The Morgan fingerprint density at radius 3 is 1.07 bits per heavy atom. The molecule has 0 aromatic heterocycles. The number of thioether (sulfide) groups is 4. The molecule has 7 rings (SSSR count). The zero-order valence-electron chi connectivity index (χ0n) is 54.7. The molecule has 8 amide bonds. The van der Waals surface area contributed by atoms with Crippen molar-refractivity contribution in [3.05, 3.63) is 203 Å². The van der Waals surface area contributed by atoms with Crippen molar-refractivity contribution in [3.63, 3.8) is 0 Å². The van der Waals surface area contributed by atoms with E-state index in [-0.39, 0.29) is 96.0 Å². The van der Waals surface area contributed by atoms with E-state index >= 15 is 0 Å². The van der Waals surface area contributed by atoms with Crippen LogP contribution in [0, 0.1) is 5.41 Å². The second kappa shape index (κ2) is 41.5. The van der Waals surface area contributed by atoms with E-state index in [0.29, 0.717) is 76.6 Å². The van der Waals surface area contributed by atoms with Gasteiger partial charge >= 0.3 is 0 Å². The molecule has 0 spiro atoms. The van der Waals surface area contributed by atoms with Gasteiger partial charge in [-0.25, -0.2) is 0 Å². The molecule has 0 bridgehead atoms. The number of nitrogens with one attached hydrogen (secondary N) is 4. The van der Waals surface area contributed by atoms with Crippen molar-refractivity contribution in [1.82, 2.24) is 21.3 Å². The van der Waals surface area contributed by atoms with Gasteiger partial charge in [0, 0.05) is 105 Å². The fourth-order valence-corrected chi connectivity index (χ4v) is 11.1. The van der Waals surface area contributed by atoms with E-state index in [9.17, 15) is 57.5 Å². The zero-order valence-corrected chi connectivity index (χ0v) is 58.0. The highest BCUT2D eigenvalue weighted by atomic mass is 32.2. The molecule has 0 atom stereocenters. The van der Waals surface area contributed by atoms with Crippen molar-refractivity contribution in [2.45, 2.75) is 66.0 Å². The van der Waals surface area contributed by atoms with Crippen LogP contribution in [-0.2, 0) is 24.0 Å². The minimum absolute atomic E-state index is 0.0359. The molecule has 0 saturated carbocycles. The van der Waals surface area contributed by atoms with Crippen molar-refractivity contribution >= 4 is 115 Å². The van der Waals surface area contributed by atoms with Crippen LogP contribution in [0.5, 0.6) is 23.0 Å². The molecule has 24 nitrogen and oxygen atoms in total. The van der Waals surface area contributed by atoms with Gasteiger partial charge in [-0.1, -0.05) is 87.1 Å². The first-order valence-electron chi connectivity index (χ1n) is 29.7. The van der Waals surface area contributed by atoms with E-state index in [1.54, 1.807) is 171 Å². The molecule has 516 valence electrons. The Morgan fingerprint density at radius 2 is 0.684 bits per heavy atom. The smallest absolute Gasteiger partial charge is 0.252 e. The molecule has 0 heterocycles. The molecular weight excluding hydrogens is 1340 g/mol. The van der Waals surface area contributed by atoms with E-state index in [0.717, 1.165) is 51.9 Å². The van der Waals surface area contributed by atoms with Crippen LogP contribution in [0.1, 0.15) is 119 Å². The topological polar surface area (TPSA) is 394 Å². The number of amides is 8. The lowest BCUT2D eigenvalue weighted by atomic mass is 10.00. The lowest BCUT2D eigenvalue weighted by molar-refractivity contribution is -0.118. The Hall–Kier alpha value is -10.4. The second-order valence-electron chi connectivity index (χ2n) is 21.3. The average Bonchev–Trinajstić information content (AvgIpc) is 0.862. The maximum Gasteiger partial charge on any atom is 0.252 e. The number of hydrogen-bond acceptors (Lipinski definition) is 20. The number of benzene rings is 7. The van der Waals surface area contributed by atoms with Crippen LogP contribution in [0.2, 0.25) is 0 Å². The van der Waals surface area contributed by atoms with Crippen molar-refractivity contribution in [2.75, 3.05) is 54.6 Å². The van der Waals surface area contributed by atoms with Crippen molar-refractivity contribution < 1.29 is 76.5 Å². The summed E-state index contributed by atoms with van der Waals surface area (Å²) in [6.45, 7) is 6.19. The third kappa shape index (κ3) is 28.5. The minimum Gasteiger partial charge on any atom is -0.497 e. The SMILES string of the molecule is CC(C)(C)C(=O)Sc1cccc(C(=O)NCCC(N)=O)c1.COc1cc(OC)cc(C(=O)Sc2ccccc2C(=O)NCCC(N)=O)c1.COc1ccc(C(=O)Sc2ccccc2C(=O)NCCC(N)=O)cc1.COc1cccc(C(=O)Sc2ccccc2C(=O)NCCC(N)=O)c1. The monoisotopic (exact) mass is 1410 g/mol. The van der Waals surface area contributed by atoms with Gasteiger partial charge in [-0.05, 0) is 138 Å². The Labute approximate surface area is 583 Å². The normalized spacial score (nSPS) is 10.3. The summed E-state index contributed by atoms with van der Waals surface area (Å²) in [4.78, 5) is 144. The van der Waals surface area contributed by atoms with Gasteiger partial charge in [0.1, 0.15) is 23.0 Å². The fraction of sp³-hybridized carbons (Fsp3) is 0.229. The maximum absolute atomic E-state index is 12.7. The first kappa shape index (κ1) is 80.0. The third-order valence-corrected chi connectivity index (χ3v) is 17.0. The number of methoxy groups -OCH3 is 4. The molecule has 7 aromatic rings. The number of ether oxygens (including phenoxy) is 4. The molecule has 7 aromatic carbocycles. The molecule has 28 heteroatoms. The van der Waals surface area contributed by atoms with E-state index in [2.05, 4.69) is 21.3 Å². The second-order valence-corrected chi connectivity index (χ2v) is 25.4. The number of hydrogen-bond donors (Lipinski definition) is 8. The van der Waals surface area contributed by atoms with Gasteiger partial charge < -0.3 is 63.1 Å². The maximum atomic E-state index is 12.7. The van der Waals surface area contributed by atoms with E-state index < -0.39 is 29.0 Å². The number of primary amides is 4. The lowest BCUT2D eigenvalue weighted by Crippen LogP contribution is -2.28. The highest BCUT2D eigenvalue weighted by Crippen LogP contribution is 2.33. The molecule has 98 heavy (non-hydrogen) atoms. The number of rotatable bonds is 27. The van der Waals surface area contributed by atoms with Gasteiger partial charge in [-0.2, -0.15) is 0 Å². The van der Waals surface area contributed by atoms with Gasteiger partial charge in [0.05, 0.1) is 45.1 Å². The molecule has 0 saturated heterocycles. The van der Waals surface area contributed by atoms with Gasteiger partial charge in [-0.3, -0.25) is 57.5 Å². The molecule has 0 radical (unpaired) electrons. The Morgan fingerprint density at radius 1 is 0.337 bits per heavy atom. The van der Waals surface area contributed by atoms with Gasteiger partial charge in [0.25, 0.3) is 23.6 Å². The summed E-state index contributed by atoms with van der Waals surface area (Å²) in [5, 5.41) is 9.86. The van der Waals surface area contributed by atoms with Crippen molar-refractivity contribution in [3.8, 4) is 23.0 Å². The predicted molar refractivity (Wildman–Crippen MR) is 377 cm³/mol. The van der Waals surface area contributed by atoms with E-state index in [1.165, 1.54) is 21.3 Å². The zero-order chi connectivity index (χ0) is 72.3. The summed E-state index contributed by atoms with van der Waals surface area (Å²) in [7, 11) is 6.09. The highest BCUT2D eigenvalue weighted by molar-refractivity contribution is 8.15. The average molecular weight is 1410 g/mol. The summed E-state index contributed by atoms with van der Waals surface area (Å²) in [6, 6.07) is 45.6. The van der Waals surface area contributed by atoms with Gasteiger partial charge in [-0.15, -0.1) is 0 Å². The van der Waals surface area contributed by atoms with Gasteiger partial charge in [0.2, 0.25) is 39.0 Å². The molecule has 0 aliphatic carbocycles. The van der Waals surface area contributed by atoms with Gasteiger partial charge in [0.15, 0.2) is 5.12 Å². The molecule has 12 N–H and O–H groups in total. The fourth-order valence-electron chi connectivity index (χ4n) is 7.65. The molecule has 0 aliphatic heterocycles. The summed E-state index contributed by atoms with van der Waals surface area (Å²) >= 11 is 3.98. The molecule has 0 fully saturated rings. The highest BCUT2D eigenvalue weighted by Gasteiger charge is 2.24. The number of nitrogens with two attached hydrogens (primary N) is 4. The van der Waals surface area contributed by atoms with Crippen LogP contribution in [0.15, 0.2) is 183 Å². The number of carbonyl (C=O) groups is 12. The van der Waals surface area contributed by atoms with Crippen LogP contribution in [0.25, 0.3) is 0 Å². The summed E-state index contributed by atoms with van der Waals surface area (Å²) in [6.07, 6.45) is 0.266. The van der Waals surface area contributed by atoms with Crippen LogP contribution in [0.4, 0.5) is 0 Å². The first-order valence-corrected chi connectivity index (χ1v) is 33.0. The largest absolute Gasteiger partial charge is 0.497 e. The first-order chi connectivity index (χ1) is 46.7. The van der Waals surface area contributed by atoms with Crippen LogP contribution >= 0.6 is 47.0 Å². The lowest BCUT2D eigenvalue weighted by Gasteiger charge is -2.15. The van der Waals surface area contributed by atoms with E-state index in [1.807, 2.05) is 20.8 Å². The summed E-state index contributed by atoms with van der Waals surface area (Å²) in [5.74, 6) is -1.08. The Bertz CT molecular complexity index is 3960. The van der Waals surface area contributed by atoms with Crippen LogP contribution in [-0.4, -0.2) is 122 Å². The van der Waals surface area contributed by atoms with Crippen molar-refractivity contribution in [1.29, 1.82) is 0 Å². The molecule has 0 aliphatic rings. The molecular formula is C70H76N8O16S4. The number of carbonyl (C=O) groups excluding carboxylic acids is 12.